The summed E-state index contributed by atoms with van der Waals surface area (Å²) in [4.78, 5) is 25.3. The molecule has 1 amide bonds. The molecular weight excluding hydrogens is 318 g/mol. The molecule has 2 aromatic rings. The van der Waals surface area contributed by atoms with Gasteiger partial charge in [0, 0.05) is 52.2 Å². The average molecular weight is 341 g/mol. The van der Waals surface area contributed by atoms with E-state index in [1.807, 2.05) is 36.7 Å². The van der Waals surface area contributed by atoms with E-state index in [2.05, 4.69) is 25.1 Å². The van der Waals surface area contributed by atoms with Crippen LogP contribution in [0.25, 0.3) is 0 Å². The number of piperazine rings is 1. The molecule has 1 fully saturated rings. The van der Waals surface area contributed by atoms with Crippen molar-refractivity contribution in [2.75, 3.05) is 56.2 Å². The fraction of sp³-hybridized carbons (Fsp3) is 0.389. The first-order valence-electron chi connectivity index (χ1n) is 8.41. The summed E-state index contributed by atoms with van der Waals surface area (Å²) in [6, 6.07) is 7.85. The molecule has 0 aromatic carbocycles. The molecule has 0 radical (unpaired) electrons. The highest BCUT2D eigenvalue weighted by molar-refractivity contribution is 5.94. The fourth-order valence-corrected chi connectivity index (χ4v) is 2.83. The molecule has 0 aliphatic carbocycles. The van der Waals surface area contributed by atoms with Crippen LogP contribution in [0.5, 0.6) is 0 Å². The van der Waals surface area contributed by atoms with E-state index in [0.717, 1.165) is 37.7 Å². The lowest BCUT2D eigenvalue weighted by Gasteiger charge is -2.36. The van der Waals surface area contributed by atoms with Crippen LogP contribution in [0.4, 0.5) is 11.5 Å². The summed E-state index contributed by atoms with van der Waals surface area (Å²) in [6.45, 7) is 4.50. The van der Waals surface area contributed by atoms with E-state index in [9.17, 15) is 4.79 Å². The lowest BCUT2D eigenvalue weighted by atomic mass is 10.2. The summed E-state index contributed by atoms with van der Waals surface area (Å²) >= 11 is 0. The lowest BCUT2D eigenvalue weighted by molar-refractivity contribution is 0.0936. The molecule has 0 saturated carbocycles. The Morgan fingerprint density at radius 1 is 1.20 bits per heavy atom. The Morgan fingerprint density at radius 3 is 2.72 bits per heavy atom. The first-order valence-corrected chi connectivity index (χ1v) is 8.41. The number of ether oxygens (including phenoxy) is 1. The third-order valence-corrected chi connectivity index (χ3v) is 4.20. The van der Waals surface area contributed by atoms with Gasteiger partial charge in [-0.25, -0.2) is 4.98 Å². The second-order valence-corrected chi connectivity index (χ2v) is 5.84. The molecule has 1 saturated heterocycles. The number of hydrogen-bond acceptors (Lipinski definition) is 6. The number of anilines is 2. The first kappa shape index (κ1) is 17.2. The van der Waals surface area contributed by atoms with Crippen molar-refractivity contribution < 1.29 is 9.53 Å². The van der Waals surface area contributed by atoms with Gasteiger partial charge in [0.1, 0.15) is 5.82 Å². The zero-order chi connectivity index (χ0) is 17.5. The van der Waals surface area contributed by atoms with Crippen LogP contribution in [0.1, 0.15) is 10.4 Å². The highest BCUT2D eigenvalue weighted by Gasteiger charge is 2.19. The third kappa shape index (κ3) is 4.45. The Labute approximate surface area is 147 Å². The third-order valence-electron chi connectivity index (χ3n) is 4.20. The highest BCUT2D eigenvalue weighted by Crippen LogP contribution is 2.19. The number of amides is 1. The van der Waals surface area contributed by atoms with Gasteiger partial charge in [-0.15, -0.1) is 0 Å². The van der Waals surface area contributed by atoms with Crippen molar-refractivity contribution in [1.29, 1.82) is 0 Å². The molecule has 3 heterocycles. The largest absolute Gasteiger partial charge is 0.383 e. The molecule has 0 unspecified atom stereocenters. The smallest absolute Gasteiger partial charge is 0.253 e. The monoisotopic (exact) mass is 341 g/mol. The van der Waals surface area contributed by atoms with Crippen LogP contribution in [0, 0.1) is 0 Å². The SMILES string of the molecule is COCCNC(=O)c1cncc(N2CCN(c3ccccn3)CC2)c1. The second-order valence-electron chi connectivity index (χ2n) is 5.84. The van der Waals surface area contributed by atoms with Crippen molar-refractivity contribution in [2.45, 2.75) is 0 Å². The van der Waals surface area contributed by atoms with Crippen LogP contribution < -0.4 is 15.1 Å². The van der Waals surface area contributed by atoms with Crippen LogP contribution in [0.2, 0.25) is 0 Å². The van der Waals surface area contributed by atoms with Crippen LogP contribution in [-0.4, -0.2) is 62.3 Å². The molecule has 1 aliphatic heterocycles. The molecule has 132 valence electrons. The number of aromatic nitrogens is 2. The molecule has 3 rings (SSSR count). The number of pyridine rings is 2. The van der Waals surface area contributed by atoms with E-state index in [1.165, 1.54) is 0 Å². The zero-order valence-corrected chi connectivity index (χ0v) is 14.4. The highest BCUT2D eigenvalue weighted by atomic mass is 16.5. The fourth-order valence-electron chi connectivity index (χ4n) is 2.83. The van der Waals surface area contributed by atoms with Crippen molar-refractivity contribution >= 4 is 17.4 Å². The Balaban J connectivity index is 1.60. The summed E-state index contributed by atoms with van der Waals surface area (Å²) in [7, 11) is 1.61. The number of hydrogen-bond donors (Lipinski definition) is 1. The average Bonchev–Trinajstić information content (AvgIpc) is 2.69. The van der Waals surface area contributed by atoms with Gasteiger partial charge in [0.15, 0.2) is 0 Å². The maximum Gasteiger partial charge on any atom is 0.253 e. The number of methoxy groups -OCH3 is 1. The molecule has 7 nitrogen and oxygen atoms in total. The van der Waals surface area contributed by atoms with Crippen molar-refractivity contribution in [3.63, 3.8) is 0 Å². The minimum atomic E-state index is -0.126. The summed E-state index contributed by atoms with van der Waals surface area (Å²) in [6.07, 6.45) is 5.22. The zero-order valence-electron chi connectivity index (χ0n) is 14.4. The van der Waals surface area contributed by atoms with Gasteiger partial charge in [0.25, 0.3) is 5.91 Å². The minimum Gasteiger partial charge on any atom is -0.383 e. The number of nitrogens with one attached hydrogen (secondary N) is 1. The predicted molar refractivity (Wildman–Crippen MR) is 97.1 cm³/mol. The van der Waals surface area contributed by atoms with Crippen LogP contribution >= 0.6 is 0 Å². The molecule has 1 N–H and O–H groups in total. The Morgan fingerprint density at radius 2 is 2.00 bits per heavy atom. The summed E-state index contributed by atoms with van der Waals surface area (Å²) in [5.41, 5.74) is 1.54. The van der Waals surface area contributed by atoms with E-state index < -0.39 is 0 Å². The van der Waals surface area contributed by atoms with Gasteiger partial charge < -0.3 is 19.9 Å². The molecule has 0 atom stereocenters. The molecular formula is C18H23N5O2. The van der Waals surface area contributed by atoms with Gasteiger partial charge in [-0.05, 0) is 18.2 Å². The second kappa shape index (κ2) is 8.43. The Kier molecular flexibility index (Phi) is 5.79. The molecule has 1 aliphatic rings. The van der Waals surface area contributed by atoms with Gasteiger partial charge in [-0.2, -0.15) is 0 Å². The van der Waals surface area contributed by atoms with Crippen molar-refractivity contribution in [3.05, 3.63) is 48.4 Å². The van der Waals surface area contributed by atoms with Crippen LogP contribution in [0.3, 0.4) is 0 Å². The summed E-state index contributed by atoms with van der Waals surface area (Å²) in [5.74, 6) is 0.880. The normalized spacial score (nSPS) is 14.4. The number of carbonyl (C=O) groups is 1. The van der Waals surface area contributed by atoms with E-state index in [4.69, 9.17) is 4.74 Å². The molecule has 0 spiro atoms. The topological polar surface area (TPSA) is 70.6 Å². The number of nitrogens with zero attached hydrogens (tertiary/aromatic N) is 4. The summed E-state index contributed by atoms with van der Waals surface area (Å²) < 4.78 is 4.95. The van der Waals surface area contributed by atoms with Gasteiger partial charge in [-0.1, -0.05) is 6.07 Å². The standard InChI is InChI=1S/C18H23N5O2/c1-25-11-6-21-18(24)15-12-16(14-19-13-15)22-7-9-23(10-8-22)17-4-2-3-5-20-17/h2-5,12-14H,6-11H2,1H3,(H,21,24). The number of rotatable bonds is 6. The Hall–Kier alpha value is -2.67. The van der Waals surface area contributed by atoms with Crippen molar-refractivity contribution in [1.82, 2.24) is 15.3 Å². The Bertz CT molecular complexity index is 687. The van der Waals surface area contributed by atoms with Crippen LogP contribution in [0.15, 0.2) is 42.9 Å². The molecule has 0 bridgehead atoms. The van der Waals surface area contributed by atoms with Gasteiger partial charge in [0.05, 0.1) is 24.1 Å². The predicted octanol–water partition coefficient (Wildman–Crippen LogP) is 1.18. The summed E-state index contributed by atoms with van der Waals surface area (Å²) in [5, 5.41) is 2.82. The first-order chi connectivity index (χ1) is 12.3. The van der Waals surface area contributed by atoms with Gasteiger partial charge in [-0.3, -0.25) is 9.78 Å². The van der Waals surface area contributed by atoms with E-state index in [0.29, 0.717) is 18.7 Å². The lowest BCUT2D eigenvalue weighted by Crippen LogP contribution is -2.46. The molecule has 25 heavy (non-hydrogen) atoms. The quantitative estimate of drug-likeness (QED) is 0.796. The molecule has 2 aromatic heterocycles. The van der Waals surface area contributed by atoms with Crippen molar-refractivity contribution in [3.8, 4) is 0 Å². The minimum absolute atomic E-state index is 0.126. The van der Waals surface area contributed by atoms with E-state index in [-0.39, 0.29) is 5.91 Å². The maximum atomic E-state index is 12.1. The van der Waals surface area contributed by atoms with E-state index in [1.54, 1.807) is 13.3 Å². The number of carbonyl (C=O) groups excluding carboxylic acids is 1. The van der Waals surface area contributed by atoms with Gasteiger partial charge >= 0.3 is 0 Å². The van der Waals surface area contributed by atoms with Crippen LogP contribution in [-0.2, 0) is 4.74 Å². The maximum absolute atomic E-state index is 12.1. The van der Waals surface area contributed by atoms with Crippen molar-refractivity contribution in [2.24, 2.45) is 0 Å². The molecule has 7 heteroatoms. The van der Waals surface area contributed by atoms with E-state index >= 15 is 0 Å². The van der Waals surface area contributed by atoms with Gasteiger partial charge in [0.2, 0.25) is 0 Å².